The van der Waals surface area contributed by atoms with E-state index in [0.717, 1.165) is 5.56 Å². The van der Waals surface area contributed by atoms with Crippen molar-refractivity contribution >= 4 is 12.1 Å². The van der Waals surface area contributed by atoms with Gasteiger partial charge in [0.2, 0.25) is 5.78 Å². The molecule has 56 valence electrons. The lowest BCUT2D eigenvalue weighted by Gasteiger charge is -1.94. The lowest BCUT2D eigenvalue weighted by molar-refractivity contribution is -0.104. The second-order valence-electron chi connectivity index (χ2n) is 2.35. The maximum absolute atomic E-state index is 10.8. The van der Waals surface area contributed by atoms with Crippen LogP contribution in [0.5, 0.6) is 0 Å². The number of aryl methyl sites for hydroxylation is 1. The van der Waals surface area contributed by atoms with Gasteiger partial charge in [-0.15, -0.1) is 0 Å². The predicted molar refractivity (Wildman–Crippen MR) is 41.6 cm³/mol. The number of benzene rings is 1. The molecule has 0 fully saturated rings. The highest BCUT2D eigenvalue weighted by Crippen LogP contribution is 2.03. The van der Waals surface area contributed by atoms with E-state index in [0.29, 0.717) is 11.8 Å². The lowest BCUT2D eigenvalue weighted by Crippen LogP contribution is -1.99. The van der Waals surface area contributed by atoms with Crippen LogP contribution in [0, 0.1) is 6.92 Å². The van der Waals surface area contributed by atoms with Crippen molar-refractivity contribution in [2.24, 2.45) is 0 Å². The Balaban J connectivity index is 3.05. The monoisotopic (exact) mass is 148 g/mol. The van der Waals surface area contributed by atoms with Gasteiger partial charge in [0.05, 0.1) is 0 Å². The van der Waals surface area contributed by atoms with Crippen molar-refractivity contribution in [2.45, 2.75) is 6.92 Å². The van der Waals surface area contributed by atoms with Gasteiger partial charge in [0, 0.05) is 5.56 Å². The van der Waals surface area contributed by atoms with Gasteiger partial charge < -0.3 is 0 Å². The van der Waals surface area contributed by atoms with Crippen LogP contribution in [0.3, 0.4) is 0 Å². The van der Waals surface area contributed by atoms with E-state index in [1.54, 1.807) is 18.2 Å². The zero-order valence-electron chi connectivity index (χ0n) is 6.20. The van der Waals surface area contributed by atoms with Gasteiger partial charge in [-0.2, -0.15) is 0 Å². The van der Waals surface area contributed by atoms with Gasteiger partial charge in [0.25, 0.3) is 0 Å². The van der Waals surface area contributed by atoms with Crippen molar-refractivity contribution in [3.8, 4) is 0 Å². The van der Waals surface area contributed by atoms with Gasteiger partial charge >= 0.3 is 0 Å². The number of aldehydes is 1. The number of rotatable bonds is 2. The molecule has 2 nitrogen and oxygen atoms in total. The summed E-state index contributed by atoms with van der Waals surface area (Å²) in [6.07, 6.45) is 0.328. The second-order valence-corrected chi connectivity index (χ2v) is 2.35. The summed E-state index contributed by atoms with van der Waals surface area (Å²) in [5.74, 6) is -0.464. The Hall–Kier alpha value is -1.44. The molecule has 0 aliphatic carbocycles. The van der Waals surface area contributed by atoms with Crippen LogP contribution in [0.4, 0.5) is 0 Å². The molecule has 0 amide bonds. The first-order chi connectivity index (χ1) is 5.24. The van der Waals surface area contributed by atoms with E-state index in [4.69, 9.17) is 0 Å². The smallest absolute Gasteiger partial charge is 0.225 e. The molecule has 1 rings (SSSR count). The Labute approximate surface area is 64.8 Å². The first kappa shape index (κ1) is 7.66. The molecule has 0 unspecified atom stereocenters. The van der Waals surface area contributed by atoms with Crippen molar-refractivity contribution in [3.63, 3.8) is 0 Å². The molecule has 0 aliphatic heterocycles. The Morgan fingerprint density at radius 2 is 2.18 bits per heavy atom. The summed E-state index contributed by atoms with van der Waals surface area (Å²) in [7, 11) is 0. The van der Waals surface area contributed by atoms with Gasteiger partial charge in [0.1, 0.15) is 0 Å². The number of Topliss-reactive ketones (excluding diaryl/α,β-unsaturated/α-hetero) is 1. The van der Waals surface area contributed by atoms with Crippen molar-refractivity contribution in [1.29, 1.82) is 0 Å². The van der Waals surface area contributed by atoms with Crippen molar-refractivity contribution in [1.82, 2.24) is 0 Å². The summed E-state index contributed by atoms with van der Waals surface area (Å²) in [5, 5.41) is 0. The third-order valence-corrected chi connectivity index (χ3v) is 1.41. The van der Waals surface area contributed by atoms with Crippen LogP contribution in [0.15, 0.2) is 24.3 Å². The minimum atomic E-state index is -0.464. The van der Waals surface area contributed by atoms with Crippen LogP contribution in [-0.2, 0) is 4.79 Å². The third kappa shape index (κ3) is 1.74. The molecule has 0 bridgehead atoms. The van der Waals surface area contributed by atoms with Crippen LogP contribution in [0.2, 0.25) is 0 Å². The average Bonchev–Trinajstić information content (AvgIpc) is 2.03. The molecule has 0 aliphatic rings. The number of carbonyl (C=O) groups excluding carboxylic acids is 2. The summed E-state index contributed by atoms with van der Waals surface area (Å²) in [5.41, 5.74) is 1.44. The van der Waals surface area contributed by atoms with E-state index < -0.39 is 5.78 Å². The number of ketones is 1. The molecule has 0 N–H and O–H groups in total. The Kier molecular flexibility index (Phi) is 2.16. The average molecular weight is 148 g/mol. The quantitative estimate of drug-likeness (QED) is 0.360. The predicted octanol–water partition coefficient (Wildman–Crippen LogP) is 1.38. The highest BCUT2D eigenvalue weighted by molar-refractivity contribution is 6.33. The maximum Gasteiger partial charge on any atom is 0.225 e. The van der Waals surface area contributed by atoms with E-state index >= 15 is 0 Å². The fourth-order valence-electron chi connectivity index (χ4n) is 0.866. The van der Waals surface area contributed by atoms with Gasteiger partial charge in [-0.3, -0.25) is 9.59 Å². The summed E-state index contributed by atoms with van der Waals surface area (Å²) in [6, 6.07) is 6.95. The summed E-state index contributed by atoms with van der Waals surface area (Å²) >= 11 is 0. The van der Waals surface area contributed by atoms with E-state index in [2.05, 4.69) is 0 Å². The second kappa shape index (κ2) is 3.10. The Bertz CT molecular complexity index is 289. The molecule has 0 aromatic heterocycles. The number of carbonyl (C=O) groups is 2. The molecule has 0 saturated carbocycles. The Morgan fingerprint density at radius 1 is 1.45 bits per heavy atom. The molecule has 0 atom stereocenters. The molecular weight excluding hydrogens is 140 g/mol. The van der Waals surface area contributed by atoms with Crippen LogP contribution in [-0.4, -0.2) is 12.1 Å². The first-order valence-corrected chi connectivity index (χ1v) is 3.30. The van der Waals surface area contributed by atoms with Gasteiger partial charge in [-0.05, 0) is 13.0 Å². The lowest BCUT2D eigenvalue weighted by atomic mass is 10.1. The highest BCUT2D eigenvalue weighted by Gasteiger charge is 2.01. The van der Waals surface area contributed by atoms with Crippen molar-refractivity contribution in [3.05, 3.63) is 35.4 Å². The molecule has 2 heteroatoms. The molecular formula is C9H8O2. The number of hydrogen-bond donors (Lipinski definition) is 0. The van der Waals surface area contributed by atoms with Crippen molar-refractivity contribution < 1.29 is 9.59 Å². The van der Waals surface area contributed by atoms with Crippen LogP contribution in [0.1, 0.15) is 15.9 Å². The molecule has 0 heterocycles. The number of hydrogen-bond acceptors (Lipinski definition) is 2. The van der Waals surface area contributed by atoms with Crippen LogP contribution >= 0.6 is 0 Å². The van der Waals surface area contributed by atoms with Crippen LogP contribution in [0.25, 0.3) is 0 Å². The van der Waals surface area contributed by atoms with E-state index in [-0.39, 0.29) is 0 Å². The van der Waals surface area contributed by atoms with Crippen molar-refractivity contribution in [2.75, 3.05) is 0 Å². The summed E-state index contributed by atoms with van der Waals surface area (Å²) < 4.78 is 0. The first-order valence-electron chi connectivity index (χ1n) is 3.30. The van der Waals surface area contributed by atoms with Gasteiger partial charge in [-0.1, -0.05) is 23.8 Å². The molecule has 0 saturated heterocycles. The fraction of sp³-hybridized carbons (Fsp3) is 0.111. The highest BCUT2D eigenvalue weighted by atomic mass is 16.2. The molecule has 0 spiro atoms. The Morgan fingerprint density at radius 3 is 2.73 bits per heavy atom. The van der Waals surface area contributed by atoms with E-state index in [1.807, 2.05) is 13.0 Å². The largest absolute Gasteiger partial charge is 0.294 e. The SMILES string of the molecule is Cc1cccc(C(=O)C=O)c1. The summed E-state index contributed by atoms with van der Waals surface area (Å²) in [6.45, 7) is 1.88. The summed E-state index contributed by atoms with van der Waals surface area (Å²) in [4.78, 5) is 20.9. The van der Waals surface area contributed by atoms with E-state index in [9.17, 15) is 9.59 Å². The van der Waals surface area contributed by atoms with Crippen LogP contribution < -0.4 is 0 Å². The minimum Gasteiger partial charge on any atom is -0.294 e. The molecule has 1 aromatic rings. The van der Waals surface area contributed by atoms with Gasteiger partial charge in [0.15, 0.2) is 6.29 Å². The standard InChI is InChI=1S/C9H8O2/c1-7-3-2-4-8(5-7)9(11)6-10/h2-6H,1H3. The normalized spacial score (nSPS) is 9.18. The minimum absolute atomic E-state index is 0.328. The van der Waals surface area contributed by atoms with E-state index in [1.165, 1.54) is 0 Å². The molecule has 0 radical (unpaired) electrons. The maximum atomic E-state index is 10.8. The zero-order chi connectivity index (χ0) is 8.27. The zero-order valence-corrected chi connectivity index (χ0v) is 6.20. The molecule has 11 heavy (non-hydrogen) atoms. The third-order valence-electron chi connectivity index (χ3n) is 1.41. The fourth-order valence-corrected chi connectivity index (χ4v) is 0.866. The topological polar surface area (TPSA) is 34.1 Å². The molecule has 1 aromatic carbocycles. The van der Waals surface area contributed by atoms with Gasteiger partial charge in [-0.25, -0.2) is 0 Å².